The molecule has 0 aromatic heterocycles. The van der Waals surface area contributed by atoms with Crippen LogP contribution in [-0.2, 0) is 0 Å². The van der Waals surface area contributed by atoms with Crippen molar-refractivity contribution in [3.8, 4) is 0 Å². The fourth-order valence-corrected chi connectivity index (χ4v) is 0. The zero-order chi connectivity index (χ0) is 2.71. The SMILES string of the molecule is [Br-].[CH2-]CC.[Mg+2].[Na]. The van der Waals surface area contributed by atoms with Crippen molar-refractivity contribution in [2.45, 2.75) is 13.3 Å². The second-order valence-corrected chi connectivity index (χ2v) is 0.500. The molecule has 0 bridgehead atoms. The Labute approximate surface area is 88.7 Å². The molecule has 0 rings (SSSR count). The standard InChI is InChI=1S/C3H7.BrH.Mg.Na/c1-3-2;;;/h1,3H2,2H3;1H;;/q-1;;+2;/p-1. The predicted octanol–water partition coefficient (Wildman–Crippen LogP) is -2.53. The summed E-state index contributed by atoms with van der Waals surface area (Å²) in [4.78, 5) is 0. The van der Waals surface area contributed by atoms with Crippen LogP contribution < -0.4 is 17.0 Å². The molecule has 0 amide bonds. The first-order chi connectivity index (χ1) is 1.41. The predicted molar refractivity (Wildman–Crippen MR) is 27.2 cm³/mol. The van der Waals surface area contributed by atoms with E-state index in [0.717, 1.165) is 6.42 Å². The van der Waals surface area contributed by atoms with Crippen LogP contribution in [-0.4, -0.2) is 52.6 Å². The fourth-order valence-electron chi connectivity index (χ4n) is 0. The van der Waals surface area contributed by atoms with Crippen LogP contribution in [0.2, 0.25) is 0 Å². The van der Waals surface area contributed by atoms with Gasteiger partial charge in [0.15, 0.2) is 0 Å². The Morgan fingerprint density at radius 2 is 1.50 bits per heavy atom. The molecule has 0 aliphatic carbocycles. The van der Waals surface area contributed by atoms with Crippen LogP contribution >= 0.6 is 0 Å². The topological polar surface area (TPSA) is 0 Å². The van der Waals surface area contributed by atoms with Gasteiger partial charge in [-0.15, -0.1) is 0 Å². The molecule has 0 aliphatic heterocycles. The smallest absolute Gasteiger partial charge is 1.00 e. The maximum Gasteiger partial charge on any atom is 2.00 e. The molecule has 1 radical (unpaired) electrons. The maximum atomic E-state index is 3.49. The molecule has 0 atom stereocenters. The van der Waals surface area contributed by atoms with E-state index in [1.807, 2.05) is 6.92 Å². The Hall–Kier alpha value is 2.25. The van der Waals surface area contributed by atoms with Gasteiger partial charge in [-0.1, -0.05) is 6.92 Å². The molecule has 0 aromatic carbocycles. The summed E-state index contributed by atoms with van der Waals surface area (Å²) in [6.45, 7) is 5.50. The van der Waals surface area contributed by atoms with Gasteiger partial charge in [-0.3, -0.25) is 0 Å². The van der Waals surface area contributed by atoms with E-state index in [9.17, 15) is 0 Å². The van der Waals surface area contributed by atoms with Crippen LogP contribution in [0.1, 0.15) is 13.3 Å². The number of hydrogen-bond donors (Lipinski definition) is 0. The van der Waals surface area contributed by atoms with Gasteiger partial charge in [-0.05, 0) is 0 Å². The van der Waals surface area contributed by atoms with Crippen molar-refractivity contribution in [1.29, 1.82) is 0 Å². The molecule has 0 nitrogen and oxygen atoms in total. The Kier molecular flexibility index (Phi) is 107. The second kappa shape index (κ2) is 26.8. The monoisotopic (exact) mass is 169 g/mol. The average Bonchev–Trinajstić information content (AvgIpc) is 0.918. The average molecular weight is 170 g/mol. The summed E-state index contributed by atoms with van der Waals surface area (Å²) in [5.74, 6) is 0. The van der Waals surface area contributed by atoms with Gasteiger partial charge in [0.1, 0.15) is 0 Å². The molecule has 0 heterocycles. The van der Waals surface area contributed by atoms with Crippen LogP contribution in [0.4, 0.5) is 0 Å². The van der Waals surface area contributed by atoms with E-state index in [2.05, 4.69) is 6.92 Å². The van der Waals surface area contributed by atoms with Crippen molar-refractivity contribution in [3.63, 3.8) is 0 Å². The Balaban J connectivity index is -0.00000000667. The second-order valence-electron chi connectivity index (χ2n) is 0.500. The largest absolute Gasteiger partial charge is 2.00 e. The van der Waals surface area contributed by atoms with Crippen molar-refractivity contribution in [3.05, 3.63) is 6.92 Å². The Morgan fingerprint density at radius 3 is 1.50 bits per heavy atom. The van der Waals surface area contributed by atoms with Crippen LogP contribution in [0, 0.1) is 6.92 Å². The number of rotatable bonds is 0. The summed E-state index contributed by atoms with van der Waals surface area (Å²) in [5, 5.41) is 0. The number of hydrogen-bond acceptors (Lipinski definition) is 0. The molecule has 0 fully saturated rings. The molecule has 29 valence electrons. The van der Waals surface area contributed by atoms with Gasteiger partial charge in [0.25, 0.3) is 0 Å². The molecule has 3 heteroatoms. The number of halogens is 1. The Morgan fingerprint density at radius 1 is 1.50 bits per heavy atom. The van der Waals surface area contributed by atoms with Crippen molar-refractivity contribution in [2.24, 2.45) is 0 Å². The summed E-state index contributed by atoms with van der Waals surface area (Å²) < 4.78 is 0. The van der Waals surface area contributed by atoms with Crippen molar-refractivity contribution in [1.82, 2.24) is 0 Å². The van der Waals surface area contributed by atoms with E-state index in [4.69, 9.17) is 0 Å². The van der Waals surface area contributed by atoms with Crippen molar-refractivity contribution < 1.29 is 17.0 Å². The summed E-state index contributed by atoms with van der Waals surface area (Å²) in [6.07, 6.45) is 1.00. The molecule has 0 unspecified atom stereocenters. The quantitative estimate of drug-likeness (QED) is 0.278. The van der Waals surface area contributed by atoms with Gasteiger partial charge in [0.05, 0.1) is 0 Å². The summed E-state index contributed by atoms with van der Waals surface area (Å²) in [7, 11) is 0. The van der Waals surface area contributed by atoms with Crippen LogP contribution in [0.5, 0.6) is 0 Å². The van der Waals surface area contributed by atoms with E-state index >= 15 is 0 Å². The molecule has 0 spiro atoms. The third kappa shape index (κ3) is 34.1. The molecule has 0 saturated carbocycles. The van der Waals surface area contributed by atoms with E-state index in [-0.39, 0.29) is 69.6 Å². The first kappa shape index (κ1) is 24.0. The molecule has 0 aliphatic rings. The van der Waals surface area contributed by atoms with Crippen molar-refractivity contribution >= 4 is 52.6 Å². The molecule has 6 heavy (non-hydrogen) atoms. The van der Waals surface area contributed by atoms with Gasteiger partial charge in [-0.25, -0.2) is 0 Å². The molecule has 0 N–H and O–H groups in total. The van der Waals surface area contributed by atoms with Gasteiger partial charge in [0, 0.05) is 29.6 Å². The summed E-state index contributed by atoms with van der Waals surface area (Å²) >= 11 is 0. The molecule has 0 aromatic rings. The van der Waals surface area contributed by atoms with E-state index in [0.29, 0.717) is 0 Å². The summed E-state index contributed by atoms with van der Waals surface area (Å²) in [5.41, 5.74) is 0. The van der Waals surface area contributed by atoms with Gasteiger partial charge < -0.3 is 23.9 Å². The minimum Gasteiger partial charge on any atom is -1.00 e. The fraction of sp³-hybridized carbons (Fsp3) is 0.667. The molecular formula is C3H7BrMgNa. The normalized spacial score (nSPS) is 3.00. The van der Waals surface area contributed by atoms with Gasteiger partial charge >= 0.3 is 23.1 Å². The first-order valence-electron chi connectivity index (χ1n) is 1.21. The van der Waals surface area contributed by atoms with E-state index in [1.54, 1.807) is 0 Å². The zero-order valence-corrected chi connectivity index (χ0v) is 9.50. The summed E-state index contributed by atoms with van der Waals surface area (Å²) in [6, 6.07) is 0. The molecule has 0 saturated heterocycles. The zero-order valence-electron chi connectivity index (χ0n) is 4.50. The minimum absolute atomic E-state index is 0. The van der Waals surface area contributed by atoms with Crippen LogP contribution in [0.25, 0.3) is 0 Å². The third-order valence-corrected chi connectivity index (χ3v) is 0. The van der Waals surface area contributed by atoms with Crippen LogP contribution in [0.15, 0.2) is 0 Å². The Bertz CT molecular complexity index is 10.8. The van der Waals surface area contributed by atoms with Crippen molar-refractivity contribution in [2.75, 3.05) is 0 Å². The van der Waals surface area contributed by atoms with Gasteiger partial charge in [-0.2, -0.15) is 6.42 Å². The van der Waals surface area contributed by atoms with E-state index in [1.165, 1.54) is 0 Å². The molecular weight excluding hydrogens is 163 g/mol. The maximum absolute atomic E-state index is 3.49. The van der Waals surface area contributed by atoms with E-state index < -0.39 is 0 Å². The van der Waals surface area contributed by atoms with Crippen LogP contribution in [0.3, 0.4) is 0 Å². The first-order valence-corrected chi connectivity index (χ1v) is 1.21. The third-order valence-electron chi connectivity index (χ3n) is 0. The van der Waals surface area contributed by atoms with Gasteiger partial charge in [0.2, 0.25) is 0 Å². The minimum atomic E-state index is 0.